The molecule has 6 nitrogen and oxygen atoms in total. The number of rotatable bonds is 52. The highest BCUT2D eigenvalue weighted by Gasteiger charge is 2.19. The zero-order valence-corrected chi connectivity index (χ0v) is 43.5. The van der Waals surface area contributed by atoms with E-state index in [9.17, 15) is 14.4 Å². The van der Waals surface area contributed by atoms with Crippen LogP contribution in [0.4, 0.5) is 0 Å². The minimum atomic E-state index is -0.780. The molecule has 0 aliphatic carbocycles. The average molecular weight is 914 g/mol. The maximum absolute atomic E-state index is 12.8. The number of carbonyl (C=O) groups excluding carboxylic acids is 3. The van der Waals surface area contributed by atoms with Crippen molar-refractivity contribution in [1.82, 2.24) is 0 Å². The van der Waals surface area contributed by atoms with Crippen LogP contribution >= 0.6 is 0 Å². The summed E-state index contributed by atoms with van der Waals surface area (Å²) in [6.45, 7) is 6.63. The number of ether oxygens (including phenoxy) is 3. The SMILES string of the molecule is CCCCC/C=C\C/C=C\CCCCCCCC(=O)O[C@H](COC(=O)CCCCCCC/C=C\CCCCCCCC)COC(=O)CCCCCCCCCCCCCCCCCCC. The van der Waals surface area contributed by atoms with Gasteiger partial charge in [0.15, 0.2) is 6.10 Å². The number of esters is 3. The molecule has 1 atom stereocenters. The maximum atomic E-state index is 12.8. The number of hydrogen-bond acceptors (Lipinski definition) is 6. The molecule has 0 aromatic rings. The predicted octanol–water partition coefficient (Wildman–Crippen LogP) is 18.9. The van der Waals surface area contributed by atoms with Crippen molar-refractivity contribution in [3.8, 4) is 0 Å². The fourth-order valence-electron chi connectivity index (χ4n) is 8.29. The highest BCUT2D eigenvalue weighted by molar-refractivity contribution is 5.71. The van der Waals surface area contributed by atoms with Crippen LogP contribution in [0.3, 0.4) is 0 Å². The number of unbranched alkanes of at least 4 members (excludes halogenated alkanes) is 35. The Morgan fingerprint density at radius 1 is 0.308 bits per heavy atom. The van der Waals surface area contributed by atoms with Gasteiger partial charge in [-0.3, -0.25) is 14.4 Å². The fraction of sp³-hybridized carbons (Fsp3) is 0.847. The molecule has 0 bridgehead atoms. The van der Waals surface area contributed by atoms with Gasteiger partial charge in [-0.15, -0.1) is 0 Å². The van der Waals surface area contributed by atoms with Gasteiger partial charge in [0.25, 0.3) is 0 Å². The smallest absolute Gasteiger partial charge is 0.306 e. The molecule has 0 spiro atoms. The van der Waals surface area contributed by atoms with Crippen molar-refractivity contribution in [2.45, 2.75) is 309 Å². The van der Waals surface area contributed by atoms with Crippen LogP contribution in [-0.2, 0) is 28.6 Å². The van der Waals surface area contributed by atoms with Gasteiger partial charge < -0.3 is 14.2 Å². The van der Waals surface area contributed by atoms with Crippen LogP contribution in [0.15, 0.2) is 36.5 Å². The van der Waals surface area contributed by atoms with E-state index in [-0.39, 0.29) is 31.1 Å². The predicted molar refractivity (Wildman–Crippen MR) is 279 cm³/mol. The van der Waals surface area contributed by atoms with E-state index in [1.807, 2.05) is 0 Å². The van der Waals surface area contributed by atoms with E-state index in [0.717, 1.165) is 89.9 Å². The van der Waals surface area contributed by atoms with Crippen molar-refractivity contribution in [3.05, 3.63) is 36.5 Å². The largest absolute Gasteiger partial charge is 0.462 e. The Morgan fingerprint density at radius 3 is 0.892 bits per heavy atom. The second kappa shape index (κ2) is 54.2. The first-order chi connectivity index (χ1) is 32.0. The minimum absolute atomic E-state index is 0.0770. The highest BCUT2D eigenvalue weighted by atomic mass is 16.6. The lowest BCUT2D eigenvalue weighted by Gasteiger charge is -2.18. The Labute approximate surface area is 404 Å². The van der Waals surface area contributed by atoms with Crippen molar-refractivity contribution >= 4 is 17.9 Å². The van der Waals surface area contributed by atoms with Gasteiger partial charge in [-0.1, -0.05) is 243 Å². The molecular formula is C59H108O6. The van der Waals surface area contributed by atoms with Crippen molar-refractivity contribution < 1.29 is 28.6 Å². The van der Waals surface area contributed by atoms with Crippen molar-refractivity contribution in [2.75, 3.05) is 13.2 Å². The van der Waals surface area contributed by atoms with Crippen LogP contribution in [0.1, 0.15) is 303 Å². The lowest BCUT2D eigenvalue weighted by molar-refractivity contribution is -0.167. The molecule has 0 rings (SSSR count). The molecule has 6 heteroatoms. The first-order valence-corrected chi connectivity index (χ1v) is 28.5. The van der Waals surface area contributed by atoms with E-state index in [4.69, 9.17) is 14.2 Å². The average Bonchev–Trinajstić information content (AvgIpc) is 3.30. The van der Waals surface area contributed by atoms with E-state index < -0.39 is 6.10 Å². The first-order valence-electron chi connectivity index (χ1n) is 28.5. The molecule has 0 radical (unpaired) electrons. The highest BCUT2D eigenvalue weighted by Crippen LogP contribution is 2.16. The molecule has 380 valence electrons. The van der Waals surface area contributed by atoms with Gasteiger partial charge in [0.1, 0.15) is 13.2 Å². The quantitative estimate of drug-likeness (QED) is 0.0262. The zero-order chi connectivity index (χ0) is 47.2. The molecular weight excluding hydrogens is 805 g/mol. The monoisotopic (exact) mass is 913 g/mol. The normalized spacial score (nSPS) is 12.2. The topological polar surface area (TPSA) is 78.9 Å². The van der Waals surface area contributed by atoms with Crippen LogP contribution in [0.25, 0.3) is 0 Å². The van der Waals surface area contributed by atoms with Gasteiger partial charge >= 0.3 is 17.9 Å². The Bertz CT molecular complexity index is 1090. The molecule has 0 unspecified atom stereocenters. The lowest BCUT2D eigenvalue weighted by atomic mass is 10.0. The van der Waals surface area contributed by atoms with Crippen molar-refractivity contribution in [1.29, 1.82) is 0 Å². The molecule has 0 N–H and O–H groups in total. The molecule has 0 fully saturated rings. The van der Waals surface area contributed by atoms with Crippen molar-refractivity contribution in [2.24, 2.45) is 0 Å². The third-order valence-corrected chi connectivity index (χ3v) is 12.6. The second-order valence-corrected chi connectivity index (χ2v) is 19.2. The Morgan fingerprint density at radius 2 is 0.554 bits per heavy atom. The Kier molecular flexibility index (Phi) is 52.3. The number of allylic oxidation sites excluding steroid dienone is 6. The summed E-state index contributed by atoms with van der Waals surface area (Å²) in [6.07, 6.45) is 64.1. The summed E-state index contributed by atoms with van der Waals surface area (Å²) >= 11 is 0. The molecule has 0 aromatic carbocycles. The molecule has 65 heavy (non-hydrogen) atoms. The van der Waals surface area contributed by atoms with E-state index in [1.165, 1.54) is 173 Å². The second-order valence-electron chi connectivity index (χ2n) is 19.2. The molecule has 0 saturated heterocycles. The summed E-state index contributed by atoms with van der Waals surface area (Å²) in [7, 11) is 0. The number of carbonyl (C=O) groups is 3. The van der Waals surface area contributed by atoms with Gasteiger partial charge in [-0.2, -0.15) is 0 Å². The van der Waals surface area contributed by atoms with Gasteiger partial charge in [0.05, 0.1) is 0 Å². The summed E-state index contributed by atoms with van der Waals surface area (Å²) in [4.78, 5) is 38.1. The van der Waals surface area contributed by atoms with Gasteiger partial charge in [0, 0.05) is 19.3 Å². The Hall–Kier alpha value is -2.37. The summed E-state index contributed by atoms with van der Waals surface area (Å²) in [5.41, 5.74) is 0. The standard InChI is InChI=1S/C59H108O6/c1-4-7-10-13-16-19-22-25-28-29-32-34-37-40-43-46-49-52-58(61)64-55-56(65-59(62)53-50-47-44-41-38-35-31-27-24-21-18-15-12-9-6-3)54-63-57(60)51-48-45-42-39-36-33-30-26-23-20-17-14-11-8-5-2/h18,21,26-27,30-31,56H,4-17,19-20,22-25,28-29,32-55H2,1-3H3/b21-18-,30-26-,31-27-/t56-/m1/s1. The molecule has 0 heterocycles. The van der Waals surface area contributed by atoms with Gasteiger partial charge in [-0.25, -0.2) is 0 Å². The van der Waals surface area contributed by atoms with Gasteiger partial charge in [0.2, 0.25) is 0 Å². The zero-order valence-electron chi connectivity index (χ0n) is 43.5. The third kappa shape index (κ3) is 52.5. The van der Waals surface area contributed by atoms with Crippen LogP contribution in [0, 0.1) is 0 Å². The molecule has 0 amide bonds. The van der Waals surface area contributed by atoms with Crippen LogP contribution in [0.2, 0.25) is 0 Å². The molecule has 0 aromatic heterocycles. The van der Waals surface area contributed by atoms with E-state index in [0.29, 0.717) is 19.3 Å². The van der Waals surface area contributed by atoms with E-state index in [2.05, 4.69) is 57.2 Å². The maximum Gasteiger partial charge on any atom is 0.306 e. The van der Waals surface area contributed by atoms with Crippen LogP contribution < -0.4 is 0 Å². The number of hydrogen-bond donors (Lipinski definition) is 0. The minimum Gasteiger partial charge on any atom is -0.462 e. The Balaban J connectivity index is 4.37. The summed E-state index contributed by atoms with van der Waals surface area (Å²) < 4.78 is 16.9. The van der Waals surface area contributed by atoms with Crippen LogP contribution in [0.5, 0.6) is 0 Å². The molecule has 0 saturated carbocycles. The fourth-order valence-corrected chi connectivity index (χ4v) is 8.29. The summed E-state index contributed by atoms with van der Waals surface area (Å²) in [5.74, 6) is -0.884. The van der Waals surface area contributed by atoms with Crippen LogP contribution in [-0.4, -0.2) is 37.2 Å². The first kappa shape index (κ1) is 62.6. The molecule has 0 aliphatic heterocycles. The van der Waals surface area contributed by atoms with E-state index in [1.54, 1.807) is 0 Å². The van der Waals surface area contributed by atoms with E-state index >= 15 is 0 Å². The summed E-state index contributed by atoms with van der Waals surface area (Å²) in [6, 6.07) is 0. The molecule has 0 aliphatic rings. The lowest BCUT2D eigenvalue weighted by Crippen LogP contribution is -2.30. The third-order valence-electron chi connectivity index (χ3n) is 12.6. The van der Waals surface area contributed by atoms with Gasteiger partial charge in [-0.05, 0) is 77.0 Å². The summed E-state index contributed by atoms with van der Waals surface area (Å²) in [5, 5.41) is 0. The van der Waals surface area contributed by atoms with Crippen molar-refractivity contribution in [3.63, 3.8) is 0 Å².